The molecule has 2 rings (SSSR count). The van der Waals surface area contributed by atoms with Gasteiger partial charge in [-0.05, 0) is 25.8 Å². The van der Waals surface area contributed by atoms with E-state index in [4.69, 9.17) is 15.2 Å². The lowest BCUT2D eigenvalue weighted by Gasteiger charge is -2.18. The minimum atomic E-state index is -0.413. The zero-order valence-electron chi connectivity index (χ0n) is 13.4. The smallest absolute Gasteiger partial charge is 0.244 e. The van der Waals surface area contributed by atoms with Gasteiger partial charge in [0.15, 0.2) is 0 Å². The predicted octanol–water partition coefficient (Wildman–Crippen LogP) is 3.14. The van der Waals surface area contributed by atoms with Gasteiger partial charge < -0.3 is 15.2 Å². The molecule has 0 aliphatic carbocycles. The number of nitrogens with two attached hydrogens (primary N) is 1. The summed E-state index contributed by atoms with van der Waals surface area (Å²) >= 11 is 0. The van der Waals surface area contributed by atoms with Crippen molar-refractivity contribution in [3.8, 4) is 11.5 Å². The van der Waals surface area contributed by atoms with Crippen LogP contribution >= 0.6 is 0 Å². The number of allylic oxidation sites excluding steroid dienone is 1. The van der Waals surface area contributed by atoms with E-state index < -0.39 is 5.91 Å². The number of methoxy groups -OCH3 is 2. The molecule has 1 amide bonds. The SMILES string of the molecule is COc1c(C)c(C/C=C(\C)C(N)=O)c(OC)c2ccccc12. The van der Waals surface area contributed by atoms with Gasteiger partial charge in [0.1, 0.15) is 11.5 Å². The van der Waals surface area contributed by atoms with Gasteiger partial charge in [-0.15, -0.1) is 0 Å². The van der Waals surface area contributed by atoms with Crippen molar-refractivity contribution in [1.29, 1.82) is 0 Å². The van der Waals surface area contributed by atoms with E-state index in [0.29, 0.717) is 12.0 Å². The maximum atomic E-state index is 11.2. The second kappa shape index (κ2) is 6.52. The molecule has 0 atom stereocenters. The van der Waals surface area contributed by atoms with Gasteiger partial charge in [0.05, 0.1) is 14.2 Å². The van der Waals surface area contributed by atoms with Gasteiger partial charge in [-0.1, -0.05) is 30.3 Å². The highest BCUT2D eigenvalue weighted by Gasteiger charge is 2.17. The molecule has 0 saturated heterocycles. The summed E-state index contributed by atoms with van der Waals surface area (Å²) < 4.78 is 11.2. The number of ether oxygens (including phenoxy) is 2. The first-order valence-corrected chi connectivity index (χ1v) is 7.10. The van der Waals surface area contributed by atoms with Crippen LogP contribution < -0.4 is 15.2 Å². The summed E-state index contributed by atoms with van der Waals surface area (Å²) in [4.78, 5) is 11.2. The molecule has 2 N–H and O–H groups in total. The normalized spacial score (nSPS) is 11.5. The molecule has 0 saturated carbocycles. The molecule has 2 aromatic carbocycles. The summed E-state index contributed by atoms with van der Waals surface area (Å²) in [5.41, 5.74) is 7.83. The van der Waals surface area contributed by atoms with E-state index in [-0.39, 0.29) is 0 Å². The highest BCUT2D eigenvalue weighted by Crippen LogP contribution is 2.40. The Labute approximate surface area is 130 Å². The van der Waals surface area contributed by atoms with Crippen molar-refractivity contribution in [3.05, 3.63) is 47.0 Å². The van der Waals surface area contributed by atoms with Crippen molar-refractivity contribution in [2.45, 2.75) is 20.3 Å². The Bertz CT molecular complexity index is 748. The van der Waals surface area contributed by atoms with Gasteiger partial charge in [-0.2, -0.15) is 0 Å². The average Bonchev–Trinajstić information content (AvgIpc) is 2.52. The number of hydrogen-bond acceptors (Lipinski definition) is 3. The molecule has 0 heterocycles. The minimum Gasteiger partial charge on any atom is -0.496 e. The van der Waals surface area contributed by atoms with Crippen LogP contribution in [0, 0.1) is 6.92 Å². The molecule has 0 unspecified atom stereocenters. The van der Waals surface area contributed by atoms with E-state index in [0.717, 1.165) is 33.4 Å². The first kappa shape index (κ1) is 15.9. The number of carbonyl (C=O) groups is 1. The fourth-order valence-corrected chi connectivity index (χ4v) is 2.65. The lowest BCUT2D eigenvalue weighted by atomic mass is 9.96. The van der Waals surface area contributed by atoms with Crippen LogP contribution in [0.25, 0.3) is 10.8 Å². The van der Waals surface area contributed by atoms with Crippen molar-refractivity contribution in [2.24, 2.45) is 5.73 Å². The Morgan fingerprint density at radius 1 is 1.14 bits per heavy atom. The van der Waals surface area contributed by atoms with Gasteiger partial charge in [-0.3, -0.25) is 4.79 Å². The third-order valence-electron chi connectivity index (χ3n) is 3.89. The summed E-state index contributed by atoms with van der Waals surface area (Å²) in [5, 5.41) is 2.01. The first-order chi connectivity index (χ1) is 10.5. The van der Waals surface area contributed by atoms with E-state index >= 15 is 0 Å². The Morgan fingerprint density at radius 3 is 2.18 bits per heavy atom. The second-order valence-electron chi connectivity index (χ2n) is 5.17. The summed E-state index contributed by atoms with van der Waals surface area (Å²) in [7, 11) is 3.32. The standard InChI is InChI=1S/C18H21NO3/c1-11(18(19)20)9-10-13-12(2)16(21-3)14-7-5-6-8-15(14)17(13)22-4/h5-9H,10H2,1-4H3,(H2,19,20)/b11-9+. The Balaban J connectivity index is 2.69. The number of hydrogen-bond donors (Lipinski definition) is 1. The van der Waals surface area contributed by atoms with E-state index in [1.165, 1.54) is 0 Å². The van der Waals surface area contributed by atoms with Crippen LogP contribution in [0.1, 0.15) is 18.1 Å². The molecular formula is C18H21NO3. The highest BCUT2D eigenvalue weighted by atomic mass is 16.5. The van der Waals surface area contributed by atoms with Crippen LogP contribution in [0.2, 0.25) is 0 Å². The molecule has 0 fully saturated rings. The molecule has 4 nitrogen and oxygen atoms in total. The number of benzene rings is 2. The third-order valence-corrected chi connectivity index (χ3v) is 3.89. The van der Waals surface area contributed by atoms with Crippen LogP contribution in [0.5, 0.6) is 11.5 Å². The van der Waals surface area contributed by atoms with E-state index in [9.17, 15) is 4.79 Å². The maximum Gasteiger partial charge on any atom is 0.244 e. The molecule has 0 aromatic heterocycles. The number of fused-ring (bicyclic) bond motifs is 1. The van der Waals surface area contributed by atoms with Gasteiger partial charge in [0, 0.05) is 21.9 Å². The summed E-state index contributed by atoms with van der Waals surface area (Å²) in [6.07, 6.45) is 2.38. The van der Waals surface area contributed by atoms with Crippen LogP contribution in [0.4, 0.5) is 0 Å². The summed E-state index contributed by atoms with van der Waals surface area (Å²) in [5.74, 6) is 1.23. The number of carbonyl (C=O) groups excluding carboxylic acids is 1. The lowest BCUT2D eigenvalue weighted by molar-refractivity contribution is -0.114. The molecular weight excluding hydrogens is 278 g/mol. The Kier molecular flexibility index (Phi) is 4.71. The van der Waals surface area contributed by atoms with Crippen molar-refractivity contribution in [3.63, 3.8) is 0 Å². The second-order valence-corrected chi connectivity index (χ2v) is 5.17. The zero-order valence-corrected chi connectivity index (χ0v) is 13.4. The molecule has 0 bridgehead atoms. The maximum absolute atomic E-state index is 11.2. The topological polar surface area (TPSA) is 61.5 Å². The minimum absolute atomic E-state index is 0.413. The average molecular weight is 299 g/mol. The zero-order chi connectivity index (χ0) is 16.3. The monoisotopic (exact) mass is 299 g/mol. The van der Waals surface area contributed by atoms with E-state index in [1.54, 1.807) is 21.1 Å². The van der Waals surface area contributed by atoms with Crippen LogP contribution in [-0.4, -0.2) is 20.1 Å². The summed E-state index contributed by atoms with van der Waals surface area (Å²) in [6, 6.07) is 7.96. The number of amides is 1. The Hall–Kier alpha value is -2.49. The highest BCUT2D eigenvalue weighted by molar-refractivity contribution is 5.96. The number of rotatable bonds is 5. The van der Waals surface area contributed by atoms with Gasteiger partial charge in [0.2, 0.25) is 5.91 Å². The van der Waals surface area contributed by atoms with Crippen LogP contribution in [0.3, 0.4) is 0 Å². The van der Waals surface area contributed by atoms with Gasteiger partial charge in [0.25, 0.3) is 0 Å². The van der Waals surface area contributed by atoms with Crippen LogP contribution in [0.15, 0.2) is 35.9 Å². The molecule has 0 aliphatic heterocycles. The van der Waals surface area contributed by atoms with Crippen molar-refractivity contribution in [2.75, 3.05) is 14.2 Å². The number of primary amides is 1. The van der Waals surface area contributed by atoms with Gasteiger partial charge >= 0.3 is 0 Å². The van der Waals surface area contributed by atoms with E-state index in [1.807, 2.05) is 37.3 Å². The Morgan fingerprint density at radius 2 is 1.68 bits per heavy atom. The van der Waals surface area contributed by atoms with Crippen molar-refractivity contribution >= 4 is 16.7 Å². The predicted molar refractivity (Wildman–Crippen MR) is 88.4 cm³/mol. The molecule has 0 spiro atoms. The molecule has 22 heavy (non-hydrogen) atoms. The molecule has 4 heteroatoms. The van der Waals surface area contributed by atoms with Crippen molar-refractivity contribution < 1.29 is 14.3 Å². The molecule has 0 radical (unpaired) electrons. The quantitative estimate of drug-likeness (QED) is 0.863. The first-order valence-electron chi connectivity index (χ1n) is 7.10. The van der Waals surface area contributed by atoms with Crippen molar-refractivity contribution in [1.82, 2.24) is 0 Å². The molecule has 116 valence electrons. The summed E-state index contributed by atoms with van der Waals surface area (Å²) in [6.45, 7) is 3.71. The van der Waals surface area contributed by atoms with Gasteiger partial charge in [-0.25, -0.2) is 0 Å². The van der Waals surface area contributed by atoms with E-state index in [2.05, 4.69) is 0 Å². The van der Waals surface area contributed by atoms with Crippen LogP contribution in [-0.2, 0) is 11.2 Å². The lowest BCUT2D eigenvalue weighted by Crippen LogP contribution is -2.12. The molecule has 0 aliphatic rings. The third kappa shape index (κ3) is 2.77. The largest absolute Gasteiger partial charge is 0.496 e. The molecule has 2 aromatic rings. The fraction of sp³-hybridized carbons (Fsp3) is 0.278. The fourth-order valence-electron chi connectivity index (χ4n) is 2.65.